The highest BCUT2D eigenvalue weighted by Gasteiger charge is 2.17. The first-order valence-electron chi connectivity index (χ1n) is 5.54. The van der Waals surface area contributed by atoms with Crippen LogP contribution in [0.3, 0.4) is 0 Å². The summed E-state index contributed by atoms with van der Waals surface area (Å²) < 4.78 is 24.0. The highest BCUT2D eigenvalue weighted by atomic mass is 32.2. The van der Waals surface area contributed by atoms with Crippen molar-refractivity contribution in [3.05, 3.63) is 24.3 Å². The number of nitrogens with two attached hydrogens (primary N) is 1. The molecular formula is C12H19NO2S. The summed E-state index contributed by atoms with van der Waals surface area (Å²) in [6.45, 7) is 4.02. The number of nitrogen functional groups attached to an aromatic ring is 1. The van der Waals surface area contributed by atoms with E-state index in [0.29, 0.717) is 10.6 Å². The molecule has 1 aromatic rings. The number of rotatable bonds is 5. The van der Waals surface area contributed by atoms with Crippen LogP contribution in [0.15, 0.2) is 29.2 Å². The van der Waals surface area contributed by atoms with Crippen LogP contribution in [0.2, 0.25) is 0 Å². The van der Waals surface area contributed by atoms with Crippen molar-refractivity contribution in [1.82, 2.24) is 0 Å². The highest BCUT2D eigenvalue weighted by Crippen LogP contribution is 2.18. The predicted molar refractivity (Wildman–Crippen MR) is 67.0 cm³/mol. The van der Waals surface area contributed by atoms with Gasteiger partial charge in [-0.15, -0.1) is 0 Å². The van der Waals surface area contributed by atoms with Crippen molar-refractivity contribution in [3.63, 3.8) is 0 Å². The molecule has 2 N–H and O–H groups in total. The summed E-state index contributed by atoms with van der Waals surface area (Å²) in [6.07, 6.45) is 1.94. The Balaban J connectivity index is 2.86. The monoisotopic (exact) mass is 241 g/mol. The van der Waals surface area contributed by atoms with Crippen molar-refractivity contribution in [2.24, 2.45) is 5.92 Å². The van der Waals surface area contributed by atoms with Gasteiger partial charge in [-0.1, -0.05) is 26.3 Å². The van der Waals surface area contributed by atoms with Crippen LogP contribution in [-0.4, -0.2) is 14.2 Å². The van der Waals surface area contributed by atoms with E-state index < -0.39 is 9.84 Å². The van der Waals surface area contributed by atoms with Gasteiger partial charge in [0.1, 0.15) is 0 Å². The van der Waals surface area contributed by atoms with E-state index in [1.807, 2.05) is 6.92 Å². The molecule has 0 amide bonds. The Morgan fingerprint density at radius 1 is 1.38 bits per heavy atom. The molecule has 1 rings (SSSR count). The van der Waals surface area contributed by atoms with Gasteiger partial charge >= 0.3 is 0 Å². The van der Waals surface area contributed by atoms with Gasteiger partial charge in [0.25, 0.3) is 0 Å². The van der Waals surface area contributed by atoms with Gasteiger partial charge in [-0.25, -0.2) is 8.42 Å². The van der Waals surface area contributed by atoms with Gasteiger partial charge in [-0.3, -0.25) is 0 Å². The number of hydrogen-bond donors (Lipinski definition) is 1. The first-order chi connectivity index (χ1) is 7.45. The van der Waals surface area contributed by atoms with Crippen LogP contribution in [0.1, 0.15) is 26.7 Å². The topological polar surface area (TPSA) is 60.2 Å². The molecule has 0 fully saturated rings. The van der Waals surface area contributed by atoms with Gasteiger partial charge in [0, 0.05) is 5.69 Å². The molecular weight excluding hydrogens is 222 g/mol. The van der Waals surface area contributed by atoms with Gasteiger partial charge in [0.05, 0.1) is 10.6 Å². The minimum atomic E-state index is -3.18. The lowest BCUT2D eigenvalue weighted by atomic mass is 10.1. The smallest absolute Gasteiger partial charge is 0.178 e. The summed E-state index contributed by atoms with van der Waals surface area (Å²) >= 11 is 0. The van der Waals surface area contributed by atoms with Crippen LogP contribution in [-0.2, 0) is 9.84 Å². The van der Waals surface area contributed by atoms with Crippen molar-refractivity contribution in [2.45, 2.75) is 31.6 Å². The molecule has 16 heavy (non-hydrogen) atoms. The summed E-state index contributed by atoms with van der Waals surface area (Å²) in [7, 11) is -3.18. The third kappa shape index (κ3) is 3.52. The summed E-state index contributed by atoms with van der Waals surface area (Å²) in [5.41, 5.74) is 6.07. The zero-order valence-corrected chi connectivity index (χ0v) is 10.6. The maximum atomic E-state index is 12.0. The molecule has 1 aromatic carbocycles. The van der Waals surface area contributed by atoms with E-state index >= 15 is 0 Å². The minimum Gasteiger partial charge on any atom is -0.399 e. The Morgan fingerprint density at radius 3 is 2.62 bits per heavy atom. The quantitative estimate of drug-likeness (QED) is 0.806. The summed E-state index contributed by atoms with van der Waals surface area (Å²) in [5, 5.41) is 0. The van der Waals surface area contributed by atoms with E-state index in [1.54, 1.807) is 18.2 Å². The highest BCUT2D eigenvalue weighted by molar-refractivity contribution is 7.91. The minimum absolute atomic E-state index is 0.191. The molecule has 3 nitrogen and oxygen atoms in total. The molecule has 0 radical (unpaired) electrons. The molecule has 4 heteroatoms. The lowest BCUT2D eigenvalue weighted by Gasteiger charge is -2.11. The van der Waals surface area contributed by atoms with E-state index in [4.69, 9.17) is 5.73 Å². The van der Waals surface area contributed by atoms with Crippen LogP contribution in [0.5, 0.6) is 0 Å². The number of hydrogen-bond acceptors (Lipinski definition) is 3. The molecule has 0 aliphatic carbocycles. The van der Waals surface area contributed by atoms with E-state index in [2.05, 4.69) is 6.92 Å². The number of benzene rings is 1. The van der Waals surface area contributed by atoms with Crippen LogP contribution < -0.4 is 5.73 Å². The number of sulfone groups is 1. The van der Waals surface area contributed by atoms with Crippen LogP contribution in [0.4, 0.5) is 5.69 Å². The Hall–Kier alpha value is -1.03. The Kier molecular flexibility index (Phi) is 4.35. The fourth-order valence-corrected chi connectivity index (χ4v) is 3.46. The van der Waals surface area contributed by atoms with E-state index in [-0.39, 0.29) is 11.7 Å². The average molecular weight is 241 g/mol. The molecule has 1 unspecified atom stereocenters. The first-order valence-corrected chi connectivity index (χ1v) is 7.19. The van der Waals surface area contributed by atoms with Gasteiger partial charge in [0.15, 0.2) is 9.84 Å². The maximum absolute atomic E-state index is 12.0. The molecule has 0 spiro atoms. The lowest BCUT2D eigenvalue weighted by Crippen LogP contribution is -2.14. The summed E-state index contributed by atoms with van der Waals surface area (Å²) in [6, 6.07) is 6.49. The van der Waals surface area contributed by atoms with E-state index in [9.17, 15) is 8.42 Å². The van der Waals surface area contributed by atoms with E-state index in [0.717, 1.165) is 12.8 Å². The Labute approximate surface area is 97.6 Å². The van der Waals surface area contributed by atoms with Crippen LogP contribution in [0, 0.1) is 5.92 Å². The lowest BCUT2D eigenvalue weighted by molar-refractivity contribution is 0.545. The second-order valence-electron chi connectivity index (χ2n) is 4.25. The van der Waals surface area contributed by atoms with Crippen molar-refractivity contribution < 1.29 is 8.42 Å². The van der Waals surface area contributed by atoms with Gasteiger partial charge in [-0.05, 0) is 30.5 Å². The Bertz CT molecular complexity index is 440. The van der Waals surface area contributed by atoms with Gasteiger partial charge < -0.3 is 5.73 Å². The maximum Gasteiger partial charge on any atom is 0.178 e. The molecule has 0 saturated heterocycles. The van der Waals surface area contributed by atoms with Crippen LogP contribution in [0.25, 0.3) is 0 Å². The largest absolute Gasteiger partial charge is 0.399 e. The molecule has 0 heterocycles. The molecule has 0 bridgehead atoms. The third-order valence-electron chi connectivity index (χ3n) is 2.50. The Morgan fingerprint density at radius 2 is 2.06 bits per heavy atom. The van der Waals surface area contributed by atoms with E-state index in [1.165, 1.54) is 6.07 Å². The fourth-order valence-electron chi connectivity index (χ4n) is 1.75. The van der Waals surface area contributed by atoms with Gasteiger partial charge in [-0.2, -0.15) is 0 Å². The second-order valence-corrected chi connectivity index (χ2v) is 6.28. The zero-order chi connectivity index (χ0) is 12.2. The summed E-state index contributed by atoms with van der Waals surface area (Å²) in [5.74, 6) is 0.390. The van der Waals surface area contributed by atoms with Crippen molar-refractivity contribution in [3.8, 4) is 0 Å². The number of anilines is 1. The second kappa shape index (κ2) is 5.34. The molecule has 0 aliphatic heterocycles. The average Bonchev–Trinajstić information content (AvgIpc) is 2.17. The van der Waals surface area contributed by atoms with Crippen molar-refractivity contribution in [2.75, 3.05) is 11.5 Å². The normalized spacial score (nSPS) is 13.6. The zero-order valence-electron chi connectivity index (χ0n) is 9.81. The standard InChI is InChI=1S/C12H19NO2S/c1-3-5-10(2)9-16(14,15)12-7-4-6-11(13)8-12/h4,6-8,10H,3,5,9,13H2,1-2H3. The van der Waals surface area contributed by atoms with Crippen molar-refractivity contribution >= 4 is 15.5 Å². The molecule has 0 aliphatic rings. The summed E-state index contributed by atoms with van der Waals surface area (Å²) in [4.78, 5) is 0.329. The molecule has 90 valence electrons. The van der Waals surface area contributed by atoms with Crippen LogP contribution >= 0.6 is 0 Å². The van der Waals surface area contributed by atoms with Crippen molar-refractivity contribution in [1.29, 1.82) is 0 Å². The fraction of sp³-hybridized carbons (Fsp3) is 0.500. The third-order valence-corrected chi connectivity index (χ3v) is 4.48. The SMILES string of the molecule is CCCC(C)CS(=O)(=O)c1cccc(N)c1. The molecule has 0 saturated carbocycles. The molecule has 1 atom stereocenters. The van der Waals surface area contributed by atoms with Gasteiger partial charge in [0.2, 0.25) is 0 Å². The predicted octanol–water partition coefficient (Wildman–Crippen LogP) is 2.48. The first kappa shape index (κ1) is 13.0. The molecule has 0 aromatic heterocycles.